The molecule has 0 spiro atoms. The Morgan fingerprint density at radius 3 is 2.78 bits per heavy atom. The predicted molar refractivity (Wildman–Crippen MR) is 124 cm³/mol. The van der Waals surface area contributed by atoms with Crippen molar-refractivity contribution in [2.24, 2.45) is 0 Å². The summed E-state index contributed by atoms with van der Waals surface area (Å²) in [6, 6.07) is 4.14. The number of imidazole rings is 1. The molecule has 1 N–H and O–H groups in total. The van der Waals surface area contributed by atoms with Gasteiger partial charge in [-0.2, -0.15) is 0 Å². The molecule has 0 radical (unpaired) electrons. The number of nitrogens with zero attached hydrogens (tertiary/aromatic N) is 2. The van der Waals surface area contributed by atoms with E-state index in [2.05, 4.69) is 47.1 Å². The normalized spacial score (nSPS) is 19.2. The number of ether oxygens (including phenoxy) is 1. The first-order valence-corrected chi connectivity index (χ1v) is 12.9. The molecular formula is C26H31N3O2W. The van der Waals surface area contributed by atoms with Crippen LogP contribution in [0.4, 0.5) is 0 Å². The molecule has 0 saturated heterocycles. The van der Waals surface area contributed by atoms with Crippen molar-refractivity contribution in [1.29, 1.82) is 0 Å². The number of benzene rings is 1. The van der Waals surface area contributed by atoms with Crippen molar-refractivity contribution in [3.05, 3.63) is 71.5 Å². The number of carbonyl (C=O) groups excluding carboxylic acids is 1. The number of aryl methyl sites for hydroxylation is 2. The van der Waals surface area contributed by atoms with Gasteiger partial charge in [-0.3, -0.25) is 0 Å². The van der Waals surface area contributed by atoms with E-state index in [0.29, 0.717) is 0 Å². The zero-order valence-corrected chi connectivity index (χ0v) is 21.8. The first kappa shape index (κ1) is 22.9. The van der Waals surface area contributed by atoms with E-state index in [-0.39, 0.29) is 11.5 Å². The Morgan fingerprint density at radius 2 is 1.91 bits per heavy atom. The average molecular weight is 601 g/mol. The number of aromatic nitrogens is 2. The van der Waals surface area contributed by atoms with Crippen LogP contribution >= 0.6 is 0 Å². The van der Waals surface area contributed by atoms with Crippen molar-refractivity contribution in [1.82, 2.24) is 14.9 Å². The number of amides is 1. The number of rotatable bonds is 0. The number of hydrogen-bond acceptors (Lipinski definition) is 3. The van der Waals surface area contributed by atoms with Crippen molar-refractivity contribution in [2.45, 2.75) is 70.9 Å². The molecule has 32 heavy (non-hydrogen) atoms. The molecule has 0 bridgehead atoms. The topological polar surface area (TPSA) is 56.1 Å². The van der Waals surface area contributed by atoms with Gasteiger partial charge in [0.2, 0.25) is 0 Å². The van der Waals surface area contributed by atoms with Gasteiger partial charge in [0.1, 0.15) is 0 Å². The summed E-state index contributed by atoms with van der Waals surface area (Å²) in [7, 11) is 0. The Hall–Kier alpha value is -2.26. The Bertz CT molecular complexity index is 1070. The third-order valence-electron chi connectivity index (χ3n) is 5.98. The van der Waals surface area contributed by atoms with Gasteiger partial charge in [-0.1, -0.05) is 0 Å². The predicted octanol–water partition coefficient (Wildman–Crippen LogP) is 4.67. The first-order valence-electron chi connectivity index (χ1n) is 11.5. The molecule has 5 nitrogen and oxygen atoms in total. The Balaban J connectivity index is 1.55. The molecule has 168 valence electrons. The van der Waals surface area contributed by atoms with Crippen LogP contribution in [0.15, 0.2) is 49.0 Å². The van der Waals surface area contributed by atoms with E-state index in [1.165, 1.54) is 48.1 Å². The van der Waals surface area contributed by atoms with Crippen molar-refractivity contribution in [3.63, 3.8) is 0 Å². The van der Waals surface area contributed by atoms with E-state index in [1.807, 2.05) is 24.4 Å². The van der Waals surface area contributed by atoms with Crippen LogP contribution in [0.3, 0.4) is 0 Å². The summed E-state index contributed by atoms with van der Waals surface area (Å²) in [5.41, 5.74) is 2.86. The number of allylic oxidation sites excluding steroid dienone is 3. The zero-order valence-electron chi connectivity index (χ0n) is 18.9. The SMILES string of the molecule is CC1(C)Cc2cc3c(cc2O1)C(=O)NC=CC=C[C](=[W])c1nccn1CCCCCCC3. The van der Waals surface area contributed by atoms with Crippen LogP contribution in [0, 0.1) is 0 Å². The van der Waals surface area contributed by atoms with Gasteiger partial charge in [0, 0.05) is 0 Å². The van der Waals surface area contributed by atoms with Gasteiger partial charge in [-0.05, 0) is 13.8 Å². The molecule has 3 heterocycles. The molecule has 1 aromatic heterocycles. The molecule has 0 atom stereocenters. The van der Waals surface area contributed by atoms with Gasteiger partial charge in [-0.15, -0.1) is 0 Å². The van der Waals surface area contributed by atoms with Crippen LogP contribution in [0.25, 0.3) is 0 Å². The van der Waals surface area contributed by atoms with Crippen LogP contribution in [-0.2, 0) is 38.7 Å². The van der Waals surface area contributed by atoms with Gasteiger partial charge < -0.3 is 0 Å². The molecule has 6 heteroatoms. The second kappa shape index (κ2) is 10.1. The summed E-state index contributed by atoms with van der Waals surface area (Å²) >= 11 is 1.38. The van der Waals surface area contributed by atoms with Crippen molar-refractivity contribution in [3.8, 4) is 5.75 Å². The van der Waals surface area contributed by atoms with E-state index in [4.69, 9.17) is 4.74 Å². The minimum absolute atomic E-state index is 0.0799. The number of nitrogens with one attached hydrogen (secondary N) is 1. The summed E-state index contributed by atoms with van der Waals surface area (Å²) in [4.78, 5) is 17.5. The molecule has 0 unspecified atom stereocenters. The van der Waals surface area contributed by atoms with Crippen LogP contribution in [0.2, 0.25) is 0 Å². The van der Waals surface area contributed by atoms with Gasteiger partial charge in [0.05, 0.1) is 0 Å². The van der Waals surface area contributed by atoms with E-state index in [0.717, 1.165) is 54.9 Å². The molecule has 2 aromatic rings. The van der Waals surface area contributed by atoms with Crippen LogP contribution in [0.5, 0.6) is 5.75 Å². The van der Waals surface area contributed by atoms with Gasteiger partial charge >= 0.3 is 188 Å². The van der Waals surface area contributed by atoms with Gasteiger partial charge in [-0.25, -0.2) is 0 Å². The summed E-state index contributed by atoms with van der Waals surface area (Å²) in [5, 5.41) is 2.93. The summed E-state index contributed by atoms with van der Waals surface area (Å²) < 4.78 is 9.53. The zero-order chi connectivity index (χ0) is 22.6. The number of carbonyl (C=O) groups is 1. The quantitative estimate of drug-likeness (QED) is 0.478. The third-order valence-corrected chi connectivity index (χ3v) is 7.13. The maximum absolute atomic E-state index is 13.0. The molecule has 0 saturated carbocycles. The second-order valence-corrected chi connectivity index (χ2v) is 10.8. The fraction of sp³-hybridized carbons (Fsp3) is 0.423. The van der Waals surface area contributed by atoms with E-state index in [1.54, 1.807) is 6.20 Å². The van der Waals surface area contributed by atoms with Crippen molar-refractivity contribution in [2.75, 3.05) is 0 Å². The fourth-order valence-electron chi connectivity index (χ4n) is 4.44. The molecule has 4 rings (SSSR count). The van der Waals surface area contributed by atoms with Crippen LogP contribution in [-0.4, -0.2) is 25.0 Å². The van der Waals surface area contributed by atoms with Crippen LogP contribution in [0.1, 0.15) is 73.3 Å². The Labute approximate surface area is 201 Å². The molecule has 0 aliphatic carbocycles. The molecule has 2 aliphatic heterocycles. The molecule has 1 amide bonds. The second-order valence-electron chi connectivity index (χ2n) is 9.17. The minimum atomic E-state index is -0.212. The fourth-order valence-corrected chi connectivity index (χ4v) is 5.33. The monoisotopic (exact) mass is 601 g/mol. The Morgan fingerprint density at radius 1 is 1.09 bits per heavy atom. The molecule has 0 fully saturated rings. The molecule has 1 aromatic carbocycles. The maximum atomic E-state index is 13.0. The number of fused-ring (bicyclic) bond motifs is 3. The van der Waals surface area contributed by atoms with E-state index in [9.17, 15) is 4.79 Å². The molecular weight excluding hydrogens is 570 g/mol. The average Bonchev–Trinajstić information content (AvgIpc) is 3.33. The standard InChI is InChI=1S/C26H31N3O2.W/c1-26(2)19-21-17-20-11-7-4-3-5-10-15-29-16-14-27-24(29)12-8-6-9-13-28-25(30)22(20)18-23(21)31-26;/h6,8-9,13-14,16-18H,3-5,7,10-11,15,19H2,1-2H3,(H,28,30);. The van der Waals surface area contributed by atoms with E-state index < -0.39 is 0 Å². The van der Waals surface area contributed by atoms with Gasteiger partial charge in [0.15, 0.2) is 0 Å². The first-order chi connectivity index (χ1) is 15.4. The van der Waals surface area contributed by atoms with Gasteiger partial charge in [0.25, 0.3) is 0 Å². The van der Waals surface area contributed by atoms with E-state index >= 15 is 0 Å². The molecule has 2 aliphatic rings. The summed E-state index contributed by atoms with van der Waals surface area (Å²) in [5.74, 6) is 1.81. The summed E-state index contributed by atoms with van der Waals surface area (Å²) in [6.45, 7) is 5.21. The third kappa shape index (κ3) is 5.56. The summed E-state index contributed by atoms with van der Waals surface area (Å²) in [6.07, 6.45) is 19.2. The van der Waals surface area contributed by atoms with Crippen molar-refractivity contribution >= 4 is 9.81 Å². The van der Waals surface area contributed by atoms with Crippen LogP contribution < -0.4 is 10.1 Å². The van der Waals surface area contributed by atoms with Crippen molar-refractivity contribution < 1.29 is 28.9 Å². The Kier molecular flexibility index (Phi) is 7.25. The number of hydrogen-bond donors (Lipinski definition) is 1.